The van der Waals surface area contributed by atoms with Gasteiger partial charge in [0.25, 0.3) is 5.91 Å². The van der Waals surface area contributed by atoms with E-state index in [1.165, 1.54) is 24.3 Å². The smallest absolute Gasteiger partial charge is 0.251 e. The molecule has 0 saturated carbocycles. The van der Waals surface area contributed by atoms with Gasteiger partial charge in [0.1, 0.15) is 0 Å². The molecule has 1 saturated heterocycles. The molecule has 1 amide bonds. The molecule has 1 N–H and O–H groups in total. The number of halogens is 1. The highest BCUT2D eigenvalue weighted by Crippen LogP contribution is 2.26. The maximum absolute atomic E-state index is 12.7. The zero-order valence-corrected chi connectivity index (χ0v) is 16.6. The van der Waals surface area contributed by atoms with Crippen LogP contribution in [0.3, 0.4) is 0 Å². The number of nitrogens with one attached hydrogen (secondary N) is 1. The SMILES string of the molecule is O=C(NCc1ccc(Cl)cc1)c1cccc(S(=O)(=O)C2CCS(=O)(=O)C2)c1. The molecule has 1 fully saturated rings. The fraction of sp³-hybridized carbons (Fsp3) is 0.278. The Kier molecular flexibility index (Phi) is 5.60. The standard InChI is InChI=1S/C18H18ClNO5S2/c19-15-6-4-13(5-7-15)11-20-18(21)14-2-1-3-16(10-14)27(24,25)17-8-9-26(22,23)12-17/h1-7,10,17H,8-9,11-12H2,(H,20,21). The summed E-state index contributed by atoms with van der Waals surface area (Å²) in [6.45, 7) is 0.272. The van der Waals surface area contributed by atoms with Gasteiger partial charge < -0.3 is 5.32 Å². The molecule has 144 valence electrons. The van der Waals surface area contributed by atoms with Gasteiger partial charge in [-0.2, -0.15) is 0 Å². The van der Waals surface area contributed by atoms with E-state index in [4.69, 9.17) is 11.6 Å². The molecule has 0 spiro atoms. The predicted molar refractivity (Wildman–Crippen MR) is 103 cm³/mol. The Hall–Kier alpha value is -1.90. The molecule has 1 atom stereocenters. The van der Waals surface area contributed by atoms with Crippen molar-refractivity contribution in [1.29, 1.82) is 0 Å². The van der Waals surface area contributed by atoms with Crippen LogP contribution in [-0.2, 0) is 26.2 Å². The van der Waals surface area contributed by atoms with E-state index in [2.05, 4.69) is 5.32 Å². The van der Waals surface area contributed by atoms with Gasteiger partial charge in [-0.15, -0.1) is 0 Å². The molecular weight excluding hydrogens is 410 g/mol. The van der Waals surface area contributed by atoms with E-state index >= 15 is 0 Å². The van der Waals surface area contributed by atoms with Crippen molar-refractivity contribution in [3.63, 3.8) is 0 Å². The maximum Gasteiger partial charge on any atom is 0.251 e. The molecule has 3 rings (SSSR count). The zero-order chi connectivity index (χ0) is 19.7. The first-order chi connectivity index (χ1) is 12.7. The normalized spacial score (nSPS) is 18.9. The Bertz CT molecular complexity index is 1060. The Morgan fingerprint density at radius 3 is 2.48 bits per heavy atom. The second-order valence-electron chi connectivity index (χ2n) is 6.41. The lowest BCUT2D eigenvalue weighted by atomic mass is 10.2. The van der Waals surface area contributed by atoms with E-state index in [1.54, 1.807) is 24.3 Å². The van der Waals surface area contributed by atoms with E-state index in [0.29, 0.717) is 5.02 Å². The first-order valence-corrected chi connectivity index (χ1v) is 12.0. The Balaban J connectivity index is 1.74. The van der Waals surface area contributed by atoms with Crippen LogP contribution in [0.5, 0.6) is 0 Å². The van der Waals surface area contributed by atoms with E-state index in [1.807, 2.05) is 0 Å². The van der Waals surface area contributed by atoms with Gasteiger partial charge in [0, 0.05) is 17.1 Å². The molecular formula is C18H18ClNO5S2. The number of benzene rings is 2. The summed E-state index contributed by atoms with van der Waals surface area (Å²) < 4.78 is 48.6. The number of carbonyl (C=O) groups is 1. The van der Waals surface area contributed by atoms with Crippen LogP contribution >= 0.6 is 11.6 Å². The van der Waals surface area contributed by atoms with Gasteiger partial charge >= 0.3 is 0 Å². The van der Waals surface area contributed by atoms with Crippen molar-refractivity contribution in [3.8, 4) is 0 Å². The number of hydrogen-bond acceptors (Lipinski definition) is 5. The van der Waals surface area contributed by atoms with Crippen molar-refractivity contribution >= 4 is 37.2 Å². The van der Waals surface area contributed by atoms with E-state index in [0.717, 1.165) is 5.56 Å². The minimum atomic E-state index is -3.81. The third-order valence-electron chi connectivity index (χ3n) is 4.42. The van der Waals surface area contributed by atoms with Crippen molar-refractivity contribution in [2.45, 2.75) is 23.1 Å². The van der Waals surface area contributed by atoms with Crippen LogP contribution in [0, 0.1) is 0 Å². The monoisotopic (exact) mass is 427 g/mol. The highest BCUT2D eigenvalue weighted by Gasteiger charge is 2.38. The highest BCUT2D eigenvalue weighted by molar-refractivity contribution is 7.96. The van der Waals surface area contributed by atoms with Gasteiger partial charge in [-0.25, -0.2) is 16.8 Å². The second kappa shape index (κ2) is 7.61. The van der Waals surface area contributed by atoms with Crippen LogP contribution < -0.4 is 5.32 Å². The van der Waals surface area contributed by atoms with Gasteiger partial charge in [-0.1, -0.05) is 29.8 Å². The summed E-state index contributed by atoms with van der Waals surface area (Å²) in [5, 5.41) is 2.35. The van der Waals surface area contributed by atoms with E-state index in [-0.39, 0.29) is 34.9 Å². The van der Waals surface area contributed by atoms with Crippen molar-refractivity contribution in [3.05, 3.63) is 64.7 Å². The maximum atomic E-state index is 12.7. The number of sulfone groups is 2. The van der Waals surface area contributed by atoms with Crippen LogP contribution in [0.4, 0.5) is 0 Å². The lowest BCUT2D eigenvalue weighted by molar-refractivity contribution is 0.0950. The summed E-state index contributed by atoms with van der Waals surface area (Å²) in [7, 11) is -7.13. The van der Waals surface area contributed by atoms with Crippen LogP contribution in [0.1, 0.15) is 22.3 Å². The largest absolute Gasteiger partial charge is 0.348 e. The summed E-state index contributed by atoms with van der Waals surface area (Å²) in [6.07, 6.45) is 0.0810. The Labute approximate surface area is 163 Å². The molecule has 2 aromatic rings. The summed E-state index contributed by atoms with van der Waals surface area (Å²) in [6, 6.07) is 12.7. The lowest BCUT2D eigenvalue weighted by Crippen LogP contribution is -2.25. The fourth-order valence-electron chi connectivity index (χ4n) is 2.90. The Morgan fingerprint density at radius 2 is 1.85 bits per heavy atom. The van der Waals surface area contributed by atoms with Gasteiger partial charge in [-0.3, -0.25) is 4.79 Å². The minimum absolute atomic E-state index is 0.0382. The van der Waals surface area contributed by atoms with Gasteiger partial charge in [0.15, 0.2) is 19.7 Å². The van der Waals surface area contributed by atoms with E-state index < -0.39 is 30.8 Å². The molecule has 2 aromatic carbocycles. The van der Waals surface area contributed by atoms with Gasteiger partial charge in [0.05, 0.1) is 21.7 Å². The zero-order valence-electron chi connectivity index (χ0n) is 14.3. The molecule has 0 aromatic heterocycles. The molecule has 1 unspecified atom stereocenters. The first kappa shape index (κ1) is 19.9. The van der Waals surface area contributed by atoms with Crippen LogP contribution in [0.15, 0.2) is 53.4 Å². The molecule has 0 radical (unpaired) electrons. The summed E-state index contributed by atoms with van der Waals surface area (Å²) in [4.78, 5) is 12.3. The molecule has 6 nitrogen and oxygen atoms in total. The Morgan fingerprint density at radius 1 is 1.15 bits per heavy atom. The molecule has 0 bridgehead atoms. The van der Waals surface area contributed by atoms with Crippen molar-refractivity contribution in [2.75, 3.05) is 11.5 Å². The third-order valence-corrected chi connectivity index (χ3v) is 8.84. The summed E-state index contributed by atoms with van der Waals surface area (Å²) in [5.74, 6) is -0.915. The molecule has 27 heavy (non-hydrogen) atoms. The molecule has 9 heteroatoms. The topological polar surface area (TPSA) is 97.4 Å². The lowest BCUT2D eigenvalue weighted by Gasteiger charge is -2.11. The minimum Gasteiger partial charge on any atom is -0.348 e. The quantitative estimate of drug-likeness (QED) is 0.789. The summed E-state index contributed by atoms with van der Waals surface area (Å²) >= 11 is 5.82. The molecule has 1 aliphatic rings. The molecule has 1 heterocycles. The number of hydrogen-bond donors (Lipinski definition) is 1. The number of amides is 1. The van der Waals surface area contributed by atoms with Crippen molar-refractivity contribution in [1.82, 2.24) is 5.32 Å². The average molecular weight is 428 g/mol. The van der Waals surface area contributed by atoms with Gasteiger partial charge in [-0.05, 0) is 42.3 Å². The number of rotatable bonds is 5. The molecule has 0 aliphatic carbocycles. The second-order valence-corrected chi connectivity index (χ2v) is 11.3. The highest BCUT2D eigenvalue weighted by atomic mass is 35.5. The van der Waals surface area contributed by atoms with Crippen molar-refractivity contribution in [2.24, 2.45) is 0 Å². The van der Waals surface area contributed by atoms with Crippen LogP contribution in [-0.4, -0.2) is 39.5 Å². The third kappa shape index (κ3) is 4.69. The number of carbonyl (C=O) groups excluding carboxylic acids is 1. The molecule has 1 aliphatic heterocycles. The fourth-order valence-corrected chi connectivity index (χ4v) is 7.43. The van der Waals surface area contributed by atoms with Gasteiger partial charge in [0.2, 0.25) is 0 Å². The predicted octanol–water partition coefficient (Wildman–Crippen LogP) is 2.23. The summed E-state index contributed by atoms with van der Waals surface area (Å²) in [5.41, 5.74) is 1.05. The van der Waals surface area contributed by atoms with Crippen LogP contribution in [0.2, 0.25) is 5.02 Å². The van der Waals surface area contributed by atoms with Crippen LogP contribution in [0.25, 0.3) is 0 Å². The van der Waals surface area contributed by atoms with E-state index in [9.17, 15) is 21.6 Å². The first-order valence-electron chi connectivity index (χ1n) is 8.24. The average Bonchev–Trinajstić information content (AvgIpc) is 3.02. The van der Waals surface area contributed by atoms with Crippen molar-refractivity contribution < 1.29 is 21.6 Å².